The minimum atomic E-state index is -0.762. The molecule has 0 amide bonds. The van der Waals surface area contributed by atoms with Crippen LogP contribution in [-0.4, -0.2) is 117 Å². The molecule has 1 atom stereocenters. The van der Waals surface area contributed by atoms with Crippen molar-refractivity contribution in [1.29, 1.82) is 0 Å². The first kappa shape index (κ1) is 32.8. The highest BCUT2D eigenvalue weighted by atomic mass is 16.6. The Bertz CT molecular complexity index is 547. The van der Waals surface area contributed by atoms with Crippen LogP contribution < -0.4 is 0 Å². The number of hydrogen-bond acceptors (Lipinski definition) is 10. The van der Waals surface area contributed by atoms with Crippen molar-refractivity contribution in [3.8, 4) is 0 Å². The zero-order valence-electron chi connectivity index (χ0n) is 21.8. The summed E-state index contributed by atoms with van der Waals surface area (Å²) in [5, 5.41) is 8.92. The van der Waals surface area contributed by atoms with Crippen LogP contribution in [0.5, 0.6) is 0 Å². The molecule has 1 aromatic rings. The van der Waals surface area contributed by atoms with Gasteiger partial charge in [0.1, 0.15) is 0 Å². The number of aliphatic hydroxyl groups is 1. The maximum atomic E-state index is 8.92. The summed E-state index contributed by atoms with van der Waals surface area (Å²) >= 11 is 0. The molecule has 10 nitrogen and oxygen atoms in total. The second-order valence-electron chi connectivity index (χ2n) is 7.65. The lowest BCUT2D eigenvalue weighted by Crippen LogP contribution is -2.15. The fraction of sp³-hybridized carbons (Fsp3) is 0.769. The van der Waals surface area contributed by atoms with Crippen molar-refractivity contribution in [3.63, 3.8) is 0 Å². The summed E-state index contributed by atoms with van der Waals surface area (Å²) in [5.41, 5.74) is 1.18. The molecule has 0 saturated heterocycles. The lowest BCUT2D eigenvalue weighted by Gasteiger charge is -2.09. The molecule has 1 unspecified atom stereocenters. The van der Waals surface area contributed by atoms with Crippen molar-refractivity contribution in [3.05, 3.63) is 35.9 Å². The molecule has 0 aliphatic carbocycles. The number of rotatable bonds is 28. The van der Waals surface area contributed by atoms with Crippen molar-refractivity contribution in [1.82, 2.24) is 0 Å². The van der Waals surface area contributed by atoms with Crippen molar-refractivity contribution in [2.75, 3.05) is 106 Å². The van der Waals surface area contributed by atoms with Gasteiger partial charge in [-0.3, -0.25) is 0 Å². The molecule has 1 N–H and O–H groups in total. The smallest absolute Gasteiger partial charge is 0.151 e. The molecule has 0 bridgehead atoms. The van der Waals surface area contributed by atoms with Gasteiger partial charge in [-0.05, 0) is 18.9 Å². The average Bonchev–Trinajstić information content (AvgIpc) is 2.88. The van der Waals surface area contributed by atoms with Crippen LogP contribution in [0.2, 0.25) is 0 Å². The van der Waals surface area contributed by atoms with E-state index in [1.807, 2.05) is 18.2 Å². The van der Waals surface area contributed by atoms with Gasteiger partial charge in [0, 0.05) is 13.2 Å². The van der Waals surface area contributed by atoms with Crippen LogP contribution in [0.15, 0.2) is 30.3 Å². The average molecular weight is 519 g/mol. The Morgan fingerprint density at radius 3 is 1.28 bits per heavy atom. The quantitative estimate of drug-likeness (QED) is 0.131. The molecular weight excluding hydrogens is 472 g/mol. The first-order chi connectivity index (χ1) is 17.8. The van der Waals surface area contributed by atoms with Gasteiger partial charge in [-0.25, -0.2) is 0 Å². The van der Waals surface area contributed by atoms with Gasteiger partial charge in [-0.2, -0.15) is 0 Å². The van der Waals surface area contributed by atoms with Crippen LogP contribution in [0.25, 0.3) is 0 Å². The molecule has 10 heteroatoms. The van der Waals surface area contributed by atoms with Gasteiger partial charge >= 0.3 is 0 Å². The Labute approximate surface area is 216 Å². The van der Waals surface area contributed by atoms with E-state index in [0.29, 0.717) is 112 Å². The Balaban J connectivity index is 1.63. The molecule has 1 aromatic carbocycles. The third-order valence-corrected chi connectivity index (χ3v) is 4.51. The van der Waals surface area contributed by atoms with E-state index in [0.717, 1.165) is 6.42 Å². The minimum Gasteiger partial charge on any atom is -0.379 e. The van der Waals surface area contributed by atoms with Gasteiger partial charge in [0.15, 0.2) is 6.29 Å². The van der Waals surface area contributed by atoms with Crippen LogP contribution in [0.1, 0.15) is 18.9 Å². The van der Waals surface area contributed by atoms with Crippen LogP contribution >= 0.6 is 0 Å². The van der Waals surface area contributed by atoms with E-state index in [1.165, 1.54) is 5.56 Å². The fourth-order valence-electron chi connectivity index (χ4n) is 2.73. The molecule has 0 aromatic heterocycles. The number of hydrogen-bond donors (Lipinski definition) is 1. The van der Waals surface area contributed by atoms with E-state index in [2.05, 4.69) is 12.1 Å². The van der Waals surface area contributed by atoms with Gasteiger partial charge in [0.2, 0.25) is 0 Å². The molecule has 0 saturated carbocycles. The second-order valence-corrected chi connectivity index (χ2v) is 7.65. The van der Waals surface area contributed by atoms with E-state index in [4.69, 9.17) is 47.7 Å². The molecule has 0 aliphatic rings. The van der Waals surface area contributed by atoms with Gasteiger partial charge in [0.25, 0.3) is 0 Å². The predicted octanol–water partition coefficient (Wildman–Crippen LogP) is 2.06. The Morgan fingerprint density at radius 1 is 0.500 bits per heavy atom. The Morgan fingerprint density at radius 2 is 0.861 bits per heavy atom. The maximum absolute atomic E-state index is 8.92. The van der Waals surface area contributed by atoms with Crippen LogP contribution in [0.4, 0.5) is 0 Å². The van der Waals surface area contributed by atoms with Crippen LogP contribution in [-0.2, 0) is 49.2 Å². The Hall–Kier alpha value is -1.18. The topological polar surface area (TPSA) is 103 Å². The summed E-state index contributed by atoms with van der Waals surface area (Å²) in [6.45, 7) is 10.6. The second kappa shape index (κ2) is 26.9. The lowest BCUT2D eigenvalue weighted by molar-refractivity contribution is -0.102. The summed E-state index contributed by atoms with van der Waals surface area (Å²) in [6.07, 6.45) is 0.107. The number of aliphatic hydroxyl groups excluding tert-OH is 1. The van der Waals surface area contributed by atoms with E-state index in [9.17, 15) is 0 Å². The molecule has 0 heterocycles. The van der Waals surface area contributed by atoms with E-state index < -0.39 is 6.29 Å². The van der Waals surface area contributed by atoms with Crippen LogP contribution in [0.3, 0.4) is 0 Å². The summed E-state index contributed by atoms with van der Waals surface area (Å²) in [6, 6.07) is 10.1. The highest BCUT2D eigenvalue weighted by Gasteiger charge is 1.97. The zero-order chi connectivity index (χ0) is 25.8. The first-order valence-corrected chi connectivity index (χ1v) is 12.7. The van der Waals surface area contributed by atoms with E-state index in [-0.39, 0.29) is 0 Å². The van der Waals surface area contributed by atoms with Gasteiger partial charge in [-0.1, -0.05) is 30.3 Å². The summed E-state index contributed by atoms with van der Waals surface area (Å²) in [4.78, 5) is 0. The Kier molecular flexibility index (Phi) is 24.5. The third-order valence-electron chi connectivity index (χ3n) is 4.51. The van der Waals surface area contributed by atoms with Crippen molar-refractivity contribution >= 4 is 0 Å². The lowest BCUT2D eigenvalue weighted by atomic mass is 10.2. The highest BCUT2D eigenvalue weighted by Crippen LogP contribution is 2.00. The summed E-state index contributed by atoms with van der Waals surface area (Å²) < 4.78 is 48.6. The predicted molar refractivity (Wildman–Crippen MR) is 134 cm³/mol. The summed E-state index contributed by atoms with van der Waals surface area (Å²) in [7, 11) is 0. The molecule has 0 aliphatic heterocycles. The van der Waals surface area contributed by atoms with E-state index in [1.54, 1.807) is 6.92 Å². The zero-order valence-corrected chi connectivity index (χ0v) is 21.8. The van der Waals surface area contributed by atoms with Gasteiger partial charge < -0.3 is 47.7 Å². The standard InChI is InChI=1S/C26H46O10/c1-25(27)36-23-22-34-21-20-33-19-18-32-17-16-31-15-14-30-13-12-29-11-10-28-8-5-9-35-24-26-6-3-2-4-7-26/h2-4,6-7,25,27H,5,8-24H2,1H3. The number of benzene rings is 1. The van der Waals surface area contributed by atoms with Gasteiger partial charge in [-0.15, -0.1) is 0 Å². The third kappa shape index (κ3) is 24.5. The van der Waals surface area contributed by atoms with Crippen molar-refractivity contribution in [2.24, 2.45) is 0 Å². The summed E-state index contributed by atoms with van der Waals surface area (Å²) in [5.74, 6) is 0. The largest absolute Gasteiger partial charge is 0.379 e. The molecule has 1 rings (SSSR count). The molecule has 36 heavy (non-hydrogen) atoms. The normalized spacial score (nSPS) is 12.3. The monoisotopic (exact) mass is 518 g/mol. The van der Waals surface area contributed by atoms with E-state index >= 15 is 0 Å². The highest BCUT2D eigenvalue weighted by molar-refractivity contribution is 5.13. The molecule has 0 spiro atoms. The van der Waals surface area contributed by atoms with Crippen molar-refractivity contribution in [2.45, 2.75) is 26.2 Å². The molecule has 0 radical (unpaired) electrons. The maximum Gasteiger partial charge on any atom is 0.151 e. The molecule has 210 valence electrons. The number of ether oxygens (including phenoxy) is 9. The fourth-order valence-corrected chi connectivity index (χ4v) is 2.73. The van der Waals surface area contributed by atoms with Crippen LogP contribution in [0, 0.1) is 0 Å². The first-order valence-electron chi connectivity index (χ1n) is 12.7. The molecule has 0 fully saturated rings. The van der Waals surface area contributed by atoms with Crippen molar-refractivity contribution < 1.29 is 47.7 Å². The SMILES string of the molecule is CC(O)OCCOCCOCCOCCOCCOCCOCCOCCCOCc1ccccc1. The van der Waals surface area contributed by atoms with Gasteiger partial charge in [0.05, 0.1) is 99.1 Å². The minimum absolute atomic E-state index is 0.364. The molecular formula is C26H46O10.